The fourth-order valence-corrected chi connectivity index (χ4v) is 2.85. The Balaban J connectivity index is 2.01. The van der Waals surface area contributed by atoms with Crippen LogP contribution in [0.1, 0.15) is 35.3 Å². The van der Waals surface area contributed by atoms with Crippen LogP contribution in [0.2, 0.25) is 0 Å². The molecule has 2 rings (SSSR count). The number of nitrogens with zero attached hydrogens (tertiary/aromatic N) is 1. The van der Waals surface area contributed by atoms with Gasteiger partial charge in [-0.05, 0) is 37.6 Å². The van der Waals surface area contributed by atoms with Crippen molar-refractivity contribution in [3.05, 3.63) is 53.1 Å². The van der Waals surface area contributed by atoms with Crippen molar-refractivity contribution in [2.75, 3.05) is 28.4 Å². The molecule has 2 aromatic rings. The summed E-state index contributed by atoms with van der Waals surface area (Å²) in [7, 11) is 6.63. The summed E-state index contributed by atoms with van der Waals surface area (Å²) in [5.74, 6) is 1.91. The van der Waals surface area contributed by atoms with Crippen LogP contribution in [0, 0.1) is 0 Å². The Labute approximate surface area is 167 Å². The predicted octanol–water partition coefficient (Wildman–Crippen LogP) is 3.48. The fourth-order valence-electron chi connectivity index (χ4n) is 2.85. The Kier molecular flexibility index (Phi) is 7.70. The molecule has 0 heterocycles. The van der Waals surface area contributed by atoms with Gasteiger partial charge in [0.15, 0.2) is 11.5 Å². The highest BCUT2D eigenvalue weighted by molar-refractivity contribution is 5.94. The van der Waals surface area contributed by atoms with Crippen molar-refractivity contribution in [3.8, 4) is 17.2 Å². The van der Waals surface area contributed by atoms with Gasteiger partial charge < -0.3 is 24.4 Å². The Morgan fingerprint density at radius 3 is 2.11 bits per heavy atom. The lowest BCUT2D eigenvalue weighted by Gasteiger charge is -2.21. The van der Waals surface area contributed by atoms with E-state index >= 15 is 0 Å². The molecule has 0 saturated carbocycles. The second kappa shape index (κ2) is 9.99. The van der Waals surface area contributed by atoms with Crippen molar-refractivity contribution >= 4 is 5.91 Å². The lowest BCUT2D eigenvalue weighted by Crippen LogP contribution is -2.32. The lowest BCUT2D eigenvalue weighted by molar-refractivity contribution is 0.0755. The van der Waals surface area contributed by atoms with E-state index in [1.807, 2.05) is 57.3 Å². The van der Waals surface area contributed by atoms with E-state index in [4.69, 9.17) is 14.2 Å². The maximum absolute atomic E-state index is 12.4. The van der Waals surface area contributed by atoms with Crippen LogP contribution < -0.4 is 19.5 Å². The molecule has 1 N–H and O–H groups in total. The Morgan fingerprint density at radius 2 is 1.57 bits per heavy atom. The number of amides is 1. The minimum Gasteiger partial charge on any atom is -0.493 e. The third-order valence-electron chi connectivity index (χ3n) is 4.73. The number of carbonyl (C=O) groups is 1. The summed E-state index contributed by atoms with van der Waals surface area (Å²) in [5, 5.41) is 3.40. The van der Waals surface area contributed by atoms with Gasteiger partial charge in [0.05, 0.1) is 21.3 Å². The van der Waals surface area contributed by atoms with E-state index in [9.17, 15) is 4.79 Å². The first-order chi connectivity index (χ1) is 13.4. The van der Waals surface area contributed by atoms with Crippen LogP contribution in [0.4, 0.5) is 0 Å². The van der Waals surface area contributed by atoms with Gasteiger partial charge in [0.1, 0.15) is 0 Å². The van der Waals surface area contributed by atoms with Gasteiger partial charge in [-0.3, -0.25) is 4.79 Å². The SMILES string of the molecule is COc1ccc(CNCc2ccc(C(=O)N(C)C(C)C)cc2)c(OC)c1OC. The third-order valence-corrected chi connectivity index (χ3v) is 4.73. The summed E-state index contributed by atoms with van der Waals surface area (Å²) < 4.78 is 16.2. The maximum Gasteiger partial charge on any atom is 0.253 e. The summed E-state index contributed by atoms with van der Waals surface area (Å²) in [6.07, 6.45) is 0. The van der Waals surface area contributed by atoms with Crippen molar-refractivity contribution in [3.63, 3.8) is 0 Å². The van der Waals surface area contributed by atoms with Crippen LogP contribution in [0.3, 0.4) is 0 Å². The van der Waals surface area contributed by atoms with Crippen LogP contribution >= 0.6 is 0 Å². The molecule has 28 heavy (non-hydrogen) atoms. The lowest BCUT2D eigenvalue weighted by atomic mass is 10.1. The second-order valence-electron chi connectivity index (χ2n) is 6.80. The average molecular weight is 386 g/mol. The van der Waals surface area contributed by atoms with Crippen molar-refractivity contribution in [2.45, 2.75) is 33.0 Å². The molecule has 0 atom stereocenters. The molecular formula is C22H30N2O4. The van der Waals surface area contributed by atoms with Gasteiger partial charge >= 0.3 is 0 Å². The van der Waals surface area contributed by atoms with Crippen LogP contribution in [-0.4, -0.2) is 45.2 Å². The average Bonchev–Trinajstić information content (AvgIpc) is 2.72. The van der Waals surface area contributed by atoms with Gasteiger partial charge in [-0.25, -0.2) is 0 Å². The fraction of sp³-hybridized carbons (Fsp3) is 0.409. The standard InChI is InChI=1S/C22H30N2O4/c1-15(2)24(3)22(25)17-9-7-16(8-10-17)13-23-14-18-11-12-19(26-4)21(28-6)20(18)27-5/h7-12,15,23H,13-14H2,1-6H3. The summed E-state index contributed by atoms with van der Waals surface area (Å²) in [4.78, 5) is 14.1. The molecular weight excluding hydrogens is 356 g/mol. The van der Waals surface area contributed by atoms with Crippen LogP contribution in [0.25, 0.3) is 0 Å². The van der Waals surface area contributed by atoms with Gasteiger partial charge in [0.2, 0.25) is 5.75 Å². The Hall–Kier alpha value is -2.73. The van der Waals surface area contributed by atoms with Crippen LogP contribution in [0.5, 0.6) is 17.2 Å². The van der Waals surface area contributed by atoms with Crippen molar-refractivity contribution in [1.82, 2.24) is 10.2 Å². The quantitative estimate of drug-likeness (QED) is 0.715. The zero-order chi connectivity index (χ0) is 20.7. The maximum atomic E-state index is 12.4. The van der Waals surface area contributed by atoms with Crippen molar-refractivity contribution in [1.29, 1.82) is 0 Å². The molecule has 0 unspecified atom stereocenters. The van der Waals surface area contributed by atoms with Gasteiger partial charge in [-0.1, -0.05) is 18.2 Å². The molecule has 0 radical (unpaired) electrons. The monoisotopic (exact) mass is 386 g/mol. The molecule has 0 saturated heterocycles. The Morgan fingerprint density at radius 1 is 0.929 bits per heavy atom. The molecule has 0 fully saturated rings. The highest BCUT2D eigenvalue weighted by atomic mass is 16.5. The Bertz CT molecular complexity index is 788. The molecule has 0 aliphatic heterocycles. The number of ether oxygens (including phenoxy) is 3. The minimum atomic E-state index is 0.0320. The van der Waals surface area contributed by atoms with Crippen molar-refractivity contribution < 1.29 is 19.0 Å². The zero-order valence-corrected chi connectivity index (χ0v) is 17.5. The number of rotatable bonds is 9. The number of hydrogen-bond acceptors (Lipinski definition) is 5. The first-order valence-electron chi connectivity index (χ1n) is 9.27. The second-order valence-corrected chi connectivity index (χ2v) is 6.80. The molecule has 0 aromatic heterocycles. The summed E-state index contributed by atoms with van der Waals surface area (Å²) in [6, 6.07) is 11.7. The molecule has 1 amide bonds. The highest BCUT2D eigenvalue weighted by Gasteiger charge is 2.16. The zero-order valence-electron chi connectivity index (χ0n) is 17.5. The number of carbonyl (C=O) groups excluding carboxylic acids is 1. The van der Waals surface area contributed by atoms with Gasteiger partial charge in [0, 0.05) is 37.3 Å². The molecule has 6 heteroatoms. The first kappa shape index (κ1) is 21.6. The molecule has 0 aliphatic rings. The number of methoxy groups -OCH3 is 3. The van der Waals surface area contributed by atoms with E-state index in [1.54, 1.807) is 26.2 Å². The van der Waals surface area contributed by atoms with E-state index < -0.39 is 0 Å². The largest absolute Gasteiger partial charge is 0.493 e. The smallest absolute Gasteiger partial charge is 0.253 e. The van der Waals surface area contributed by atoms with Gasteiger partial charge in [0.25, 0.3) is 5.91 Å². The van der Waals surface area contributed by atoms with E-state index in [2.05, 4.69) is 5.32 Å². The van der Waals surface area contributed by atoms with E-state index in [0.29, 0.717) is 35.9 Å². The number of benzene rings is 2. The number of hydrogen-bond donors (Lipinski definition) is 1. The third kappa shape index (κ3) is 4.95. The molecule has 0 bridgehead atoms. The van der Waals surface area contributed by atoms with Crippen molar-refractivity contribution in [2.24, 2.45) is 0 Å². The normalized spacial score (nSPS) is 10.7. The van der Waals surface area contributed by atoms with E-state index in [1.165, 1.54) is 0 Å². The van der Waals surface area contributed by atoms with Crippen LogP contribution in [-0.2, 0) is 13.1 Å². The minimum absolute atomic E-state index is 0.0320. The van der Waals surface area contributed by atoms with Crippen LogP contribution in [0.15, 0.2) is 36.4 Å². The molecule has 6 nitrogen and oxygen atoms in total. The molecule has 0 aliphatic carbocycles. The molecule has 152 valence electrons. The van der Waals surface area contributed by atoms with E-state index in [-0.39, 0.29) is 11.9 Å². The van der Waals surface area contributed by atoms with Gasteiger partial charge in [-0.2, -0.15) is 0 Å². The summed E-state index contributed by atoms with van der Waals surface area (Å²) >= 11 is 0. The van der Waals surface area contributed by atoms with Gasteiger partial charge in [-0.15, -0.1) is 0 Å². The summed E-state index contributed by atoms with van der Waals surface area (Å²) in [5.41, 5.74) is 2.77. The number of nitrogens with one attached hydrogen (secondary N) is 1. The topological polar surface area (TPSA) is 60.0 Å². The molecule has 2 aromatic carbocycles. The molecule has 0 spiro atoms. The first-order valence-corrected chi connectivity index (χ1v) is 9.27. The predicted molar refractivity (Wildman–Crippen MR) is 110 cm³/mol. The highest BCUT2D eigenvalue weighted by Crippen LogP contribution is 2.39. The van der Waals surface area contributed by atoms with E-state index in [0.717, 1.165) is 11.1 Å². The summed E-state index contributed by atoms with van der Waals surface area (Å²) in [6.45, 7) is 5.28.